The summed E-state index contributed by atoms with van der Waals surface area (Å²) in [6.07, 6.45) is 4.59. The highest BCUT2D eigenvalue weighted by Gasteiger charge is 2.36. The standard InChI is InChI=1S/C16H23NO2/c1-16(19-2)8-3-9-17(11-16)15-7-4-12-10-13(18)5-6-14(12)15/h5-6,10,15,18H,3-4,7-9,11H2,1-2H3. The number of phenols is 1. The third kappa shape index (κ3) is 2.37. The maximum Gasteiger partial charge on any atom is 0.115 e. The van der Waals surface area contributed by atoms with Crippen LogP contribution in [0.25, 0.3) is 0 Å². The smallest absolute Gasteiger partial charge is 0.115 e. The van der Waals surface area contributed by atoms with Crippen LogP contribution in [0.5, 0.6) is 5.75 Å². The average Bonchev–Trinajstić information content (AvgIpc) is 2.81. The van der Waals surface area contributed by atoms with Crippen molar-refractivity contribution in [2.45, 2.75) is 44.2 Å². The normalized spacial score (nSPS) is 31.4. The number of methoxy groups -OCH3 is 1. The Morgan fingerprint density at radius 2 is 2.26 bits per heavy atom. The molecule has 0 amide bonds. The fourth-order valence-electron chi connectivity index (χ4n) is 3.64. The summed E-state index contributed by atoms with van der Waals surface area (Å²) in [6.45, 7) is 4.38. The molecule has 0 bridgehead atoms. The van der Waals surface area contributed by atoms with Crippen LogP contribution < -0.4 is 0 Å². The van der Waals surface area contributed by atoms with Crippen molar-refractivity contribution in [3.63, 3.8) is 0 Å². The van der Waals surface area contributed by atoms with Crippen molar-refractivity contribution in [3.8, 4) is 5.75 Å². The SMILES string of the molecule is COC1(C)CCCN(C2CCc3cc(O)ccc32)C1. The summed E-state index contributed by atoms with van der Waals surface area (Å²) in [6, 6.07) is 6.34. The molecule has 1 heterocycles. The zero-order valence-corrected chi connectivity index (χ0v) is 11.9. The largest absolute Gasteiger partial charge is 0.508 e. The molecule has 3 nitrogen and oxygen atoms in total. The number of piperidine rings is 1. The molecule has 19 heavy (non-hydrogen) atoms. The Hall–Kier alpha value is -1.06. The number of nitrogens with zero attached hydrogens (tertiary/aromatic N) is 1. The molecule has 2 aliphatic rings. The molecule has 0 saturated carbocycles. The quantitative estimate of drug-likeness (QED) is 0.888. The number of benzene rings is 1. The van der Waals surface area contributed by atoms with E-state index in [0.717, 1.165) is 25.9 Å². The molecule has 3 rings (SSSR count). The van der Waals surface area contributed by atoms with Gasteiger partial charge >= 0.3 is 0 Å². The van der Waals surface area contributed by atoms with Crippen molar-refractivity contribution in [1.29, 1.82) is 0 Å². The second kappa shape index (κ2) is 4.80. The van der Waals surface area contributed by atoms with E-state index in [2.05, 4.69) is 17.9 Å². The molecule has 0 radical (unpaired) electrons. The predicted molar refractivity (Wildman–Crippen MR) is 75.4 cm³/mol. The number of phenolic OH excluding ortho intramolecular Hbond substituents is 1. The summed E-state index contributed by atoms with van der Waals surface area (Å²) in [7, 11) is 1.82. The molecule has 1 aromatic carbocycles. The van der Waals surface area contributed by atoms with Crippen LogP contribution >= 0.6 is 0 Å². The van der Waals surface area contributed by atoms with E-state index in [1.807, 2.05) is 19.2 Å². The van der Waals surface area contributed by atoms with E-state index >= 15 is 0 Å². The Balaban J connectivity index is 1.82. The first-order valence-electron chi connectivity index (χ1n) is 7.22. The highest BCUT2D eigenvalue weighted by atomic mass is 16.5. The third-order valence-corrected chi connectivity index (χ3v) is 4.79. The van der Waals surface area contributed by atoms with Crippen molar-refractivity contribution in [2.75, 3.05) is 20.2 Å². The number of hydrogen-bond acceptors (Lipinski definition) is 3. The van der Waals surface area contributed by atoms with Gasteiger partial charge in [0.2, 0.25) is 0 Å². The van der Waals surface area contributed by atoms with E-state index in [4.69, 9.17) is 4.74 Å². The lowest BCUT2D eigenvalue weighted by Crippen LogP contribution is -2.48. The molecular formula is C16H23NO2. The van der Waals surface area contributed by atoms with E-state index in [0.29, 0.717) is 11.8 Å². The molecule has 1 fully saturated rings. The first-order chi connectivity index (χ1) is 9.11. The Morgan fingerprint density at radius 1 is 1.42 bits per heavy atom. The average molecular weight is 261 g/mol. The fraction of sp³-hybridized carbons (Fsp3) is 0.625. The van der Waals surface area contributed by atoms with Gasteiger partial charge < -0.3 is 9.84 Å². The maximum absolute atomic E-state index is 9.58. The second-order valence-electron chi connectivity index (χ2n) is 6.17. The molecule has 2 unspecified atom stereocenters. The number of ether oxygens (including phenoxy) is 1. The minimum atomic E-state index is -0.00206. The van der Waals surface area contributed by atoms with Crippen LogP contribution in [0.15, 0.2) is 18.2 Å². The molecule has 0 aromatic heterocycles. The van der Waals surface area contributed by atoms with Crippen molar-refractivity contribution in [2.24, 2.45) is 0 Å². The number of hydrogen-bond donors (Lipinski definition) is 1. The lowest BCUT2D eigenvalue weighted by molar-refractivity contribution is -0.0615. The Kier molecular flexibility index (Phi) is 3.27. The zero-order chi connectivity index (χ0) is 13.5. The summed E-state index contributed by atoms with van der Waals surface area (Å²) < 4.78 is 5.69. The van der Waals surface area contributed by atoms with Crippen LogP contribution in [-0.4, -0.2) is 35.8 Å². The molecule has 2 atom stereocenters. The zero-order valence-electron chi connectivity index (χ0n) is 11.9. The first kappa shape index (κ1) is 12.9. The molecular weight excluding hydrogens is 238 g/mol. The second-order valence-corrected chi connectivity index (χ2v) is 6.17. The van der Waals surface area contributed by atoms with Crippen LogP contribution in [0.2, 0.25) is 0 Å². The van der Waals surface area contributed by atoms with Gasteiger partial charge in [0.1, 0.15) is 5.75 Å². The molecule has 1 aliphatic heterocycles. The Morgan fingerprint density at radius 3 is 3.05 bits per heavy atom. The van der Waals surface area contributed by atoms with Gasteiger partial charge in [-0.3, -0.25) is 4.90 Å². The third-order valence-electron chi connectivity index (χ3n) is 4.79. The minimum Gasteiger partial charge on any atom is -0.508 e. The van der Waals surface area contributed by atoms with E-state index in [1.54, 1.807) is 0 Å². The van der Waals surface area contributed by atoms with E-state index in [-0.39, 0.29) is 5.60 Å². The minimum absolute atomic E-state index is 0.00206. The van der Waals surface area contributed by atoms with Crippen molar-refractivity contribution in [3.05, 3.63) is 29.3 Å². The predicted octanol–water partition coefficient (Wildman–Crippen LogP) is 2.88. The van der Waals surface area contributed by atoms with Gasteiger partial charge in [0.25, 0.3) is 0 Å². The van der Waals surface area contributed by atoms with Gasteiger partial charge in [0, 0.05) is 19.7 Å². The van der Waals surface area contributed by atoms with Gasteiger partial charge in [-0.25, -0.2) is 0 Å². The summed E-state index contributed by atoms with van der Waals surface area (Å²) >= 11 is 0. The molecule has 1 aliphatic carbocycles. The van der Waals surface area contributed by atoms with Crippen LogP contribution in [0.3, 0.4) is 0 Å². The maximum atomic E-state index is 9.58. The highest BCUT2D eigenvalue weighted by molar-refractivity contribution is 5.40. The Labute approximate surface area is 115 Å². The molecule has 3 heteroatoms. The lowest BCUT2D eigenvalue weighted by atomic mass is 9.92. The number of aromatic hydroxyl groups is 1. The summed E-state index contributed by atoms with van der Waals surface area (Å²) in [4.78, 5) is 2.57. The lowest BCUT2D eigenvalue weighted by Gasteiger charge is -2.42. The van der Waals surface area contributed by atoms with Crippen LogP contribution in [-0.2, 0) is 11.2 Å². The van der Waals surface area contributed by atoms with Crippen molar-refractivity contribution < 1.29 is 9.84 Å². The summed E-state index contributed by atoms with van der Waals surface area (Å²) in [5.41, 5.74) is 2.71. The van der Waals surface area contributed by atoms with Gasteiger partial charge in [0.15, 0.2) is 0 Å². The molecule has 0 spiro atoms. The number of likely N-dealkylation sites (tertiary alicyclic amines) is 1. The Bertz CT molecular complexity index is 474. The fourth-order valence-corrected chi connectivity index (χ4v) is 3.64. The first-order valence-corrected chi connectivity index (χ1v) is 7.22. The van der Waals surface area contributed by atoms with Crippen LogP contribution in [0.1, 0.15) is 43.4 Å². The van der Waals surface area contributed by atoms with Gasteiger partial charge in [-0.15, -0.1) is 0 Å². The van der Waals surface area contributed by atoms with Gasteiger partial charge in [0.05, 0.1) is 5.60 Å². The van der Waals surface area contributed by atoms with Crippen LogP contribution in [0.4, 0.5) is 0 Å². The molecule has 1 aromatic rings. The molecule has 104 valence electrons. The van der Waals surface area contributed by atoms with Crippen molar-refractivity contribution in [1.82, 2.24) is 4.90 Å². The molecule has 1 saturated heterocycles. The van der Waals surface area contributed by atoms with Gasteiger partial charge in [-0.2, -0.15) is 0 Å². The molecule has 1 N–H and O–H groups in total. The summed E-state index contributed by atoms with van der Waals surface area (Å²) in [5, 5.41) is 9.58. The number of aryl methyl sites for hydroxylation is 1. The van der Waals surface area contributed by atoms with Crippen molar-refractivity contribution >= 4 is 0 Å². The van der Waals surface area contributed by atoms with E-state index in [9.17, 15) is 5.11 Å². The highest BCUT2D eigenvalue weighted by Crippen LogP contribution is 2.40. The summed E-state index contributed by atoms with van der Waals surface area (Å²) in [5.74, 6) is 0.389. The van der Waals surface area contributed by atoms with E-state index < -0.39 is 0 Å². The van der Waals surface area contributed by atoms with Gasteiger partial charge in [-0.1, -0.05) is 6.07 Å². The topological polar surface area (TPSA) is 32.7 Å². The van der Waals surface area contributed by atoms with E-state index in [1.165, 1.54) is 24.0 Å². The van der Waals surface area contributed by atoms with Crippen LogP contribution in [0, 0.1) is 0 Å². The number of rotatable bonds is 2. The monoisotopic (exact) mass is 261 g/mol. The van der Waals surface area contributed by atoms with Gasteiger partial charge in [-0.05, 0) is 62.4 Å². The number of fused-ring (bicyclic) bond motifs is 1.